The number of carboxylic acids is 1. The minimum atomic E-state index is -2.02. The van der Waals surface area contributed by atoms with Gasteiger partial charge in [-0.15, -0.1) is 0 Å². The van der Waals surface area contributed by atoms with Gasteiger partial charge >= 0.3 is 5.97 Å². The van der Waals surface area contributed by atoms with Crippen molar-refractivity contribution in [3.63, 3.8) is 0 Å². The molecule has 0 unspecified atom stereocenters. The van der Waals surface area contributed by atoms with Crippen molar-refractivity contribution in [2.45, 2.75) is 61.4 Å². The van der Waals surface area contributed by atoms with Gasteiger partial charge in [-0.3, -0.25) is 4.79 Å². The van der Waals surface area contributed by atoms with Crippen molar-refractivity contribution in [1.82, 2.24) is 0 Å². The number of aromatic hydroxyl groups is 1. The molecule has 0 aliphatic carbocycles. The standard InChI is InChI=1S/C28H30O16/c1-39-14-8-13-16(11(30)7-12(40-13)10-5-3-2-4-6-10)24(17(14)31)43-27-22(36)20(34)23(15(9-29)41-27)42-28-21(35)18(32)19(33)25(44-28)26(37)38/h2-8,15,18-23,25,27-29,31-36H,9H2,1H3,(H,37,38)/t15-,18+,19+,20-,21-,22-,23-,25+,27+,28-/m1/s1. The Balaban J connectivity index is 1.44. The topological polar surface area (TPSA) is 255 Å². The van der Waals surface area contributed by atoms with E-state index in [1.54, 1.807) is 30.3 Å². The number of hydrogen-bond donors (Lipinski definition) is 8. The van der Waals surface area contributed by atoms with Crippen LogP contribution in [0.4, 0.5) is 0 Å². The highest BCUT2D eigenvalue weighted by Gasteiger charge is 2.52. The van der Waals surface area contributed by atoms with Crippen molar-refractivity contribution in [2.24, 2.45) is 0 Å². The Labute approximate surface area is 247 Å². The number of methoxy groups -OCH3 is 1. The number of fused-ring (bicyclic) bond motifs is 1. The van der Waals surface area contributed by atoms with Crippen LogP contribution in [0.25, 0.3) is 22.3 Å². The number of benzene rings is 2. The molecule has 2 aromatic carbocycles. The summed E-state index contributed by atoms with van der Waals surface area (Å²) in [6, 6.07) is 11.1. The molecule has 10 atom stereocenters. The van der Waals surface area contributed by atoms with E-state index in [1.807, 2.05) is 0 Å². The molecule has 0 saturated carbocycles. The summed E-state index contributed by atoms with van der Waals surface area (Å²) in [6.07, 6.45) is -19.1. The van der Waals surface area contributed by atoms with Crippen molar-refractivity contribution in [3.8, 4) is 28.6 Å². The van der Waals surface area contributed by atoms with Crippen LogP contribution in [0.2, 0.25) is 0 Å². The van der Waals surface area contributed by atoms with Crippen molar-refractivity contribution >= 4 is 16.9 Å². The van der Waals surface area contributed by atoms with E-state index >= 15 is 0 Å². The maximum Gasteiger partial charge on any atom is 0.335 e. The Morgan fingerprint density at radius 2 is 1.59 bits per heavy atom. The van der Waals surface area contributed by atoms with Crippen LogP contribution < -0.4 is 14.9 Å². The largest absolute Gasteiger partial charge is 0.502 e. The van der Waals surface area contributed by atoms with Gasteiger partial charge in [0.2, 0.25) is 12.0 Å². The number of ether oxygens (including phenoxy) is 5. The lowest BCUT2D eigenvalue weighted by Crippen LogP contribution is -2.65. The number of phenolic OH excluding ortho intramolecular Hbond substituents is 1. The van der Waals surface area contributed by atoms with Crippen LogP contribution in [-0.2, 0) is 19.0 Å². The molecular formula is C28H30O16. The smallest absolute Gasteiger partial charge is 0.335 e. The van der Waals surface area contributed by atoms with Gasteiger partial charge in [-0.1, -0.05) is 30.3 Å². The maximum absolute atomic E-state index is 13.3. The lowest BCUT2D eigenvalue weighted by molar-refractivity contribution is -0.348. The van der Waals surface area contributed by atoms with Gasteiger partial charge in [0, 0.05) is 17.7 Å². The summed E-state index contributed by atoms with van der Waals surface area (Å²) in [6.45, 7) is -0.891. The molecule has 0 amide bonds. The lowest BCUT2D eigenvalue weighted by Gasteiger charge is -2.45. The molecule has 2 fully saturated rings. The first-order valence-electron chi connectivity index (χ1n) is 13.3. The molecular weight excluding hydrogens is 592 g/mol. The Kier molecular flexibility index (Phi) is 9.07. The summed E-state index contributed by atoms with van der Waals surface area (Å²) in [4.78, 5) is 24.7. The van der Waals surface area contributed by atoms with Crippen LogP contribution in [0, 0.1) is 0 Å². The summed E-state index contributed by atoms with van der Waals surface area (Å²) in [5, 5.41) is 82.0. The molecule has 3 heterocycles. The van der Waals surface area contributed by atoms with Crippen LogP contribution in [0.1, 0.15) is 0 Å². The van der Waals surface area contributed by atoms with Gasteiger partial charge in [-0.2, -0.15) is 0 Å². The highest BCUT2D eigenvalue weighted by Crippen LogP contribution is 2.43. The van der Waals surface area contributed by atoms with Gasteiger partial charge in [-0.25, -0.2) is 4.79 Å². The van der Waals surface area contributed by atoms with E-state index in [0.29, 0.717) is 5.56 Å². The first kappa shape index (κ1) is 31.6. The number of aliphatic carboxylic acids is 1. The Morgan fingerprint density at radius 3 is 2.23 bits per heavy atom. The van der Waals surface area contributed by atoms with E-state index in [9.17, 15) is 50.4 Å². The highest BCUT2D eigenvalue weighted by atomic mass is 16.7. The van der Waals surface area contributed by atoms with E-state index in [-0.39, 0.29) is 22.5 Å². The number of rotatable bonds is 8. The zero-order chi connectivity index (χ0) is 31.9. The van der Waals surface area contributed by atoms with Crippen LogP contribution in [0.5, 0.6) is 17.2 Å². The van der Waals surface area contributed by atoms with Crippen molar-refractivity contribution in [2.75, 3.05) is 13.7 Å². The highest BCUT2D eigenvalue weighted by molar-refractivity contribution is 5.89. The number of aliphatic hydroxyl groups is 6. The molecule has 8 N–H and O–H groups in total. The number of hydrogen-bond acceptors (Lipinski definition) is 15. The molecule has 0 bridgehead atoms. The Morgan fingerprint density at radius 1 is 0.909 bits per heavy atom. The molecule has 3 aromatic rings. The van der Waals surface area contributed by atoms with Crippen molar-refractivity contribution in [1.29, 1.82) is 0 Å². The molecule has 2 aliphatic rings. The fraction of sp³-hybridized carbons (Fsp3) is 0.429. The van der Waals surface area contributed by atoms with Gasteiger partial charge in [0.15, 0.2) is 29.3 Å². The third-order valence-electron chi connectivity index (χ3n) is 7.35. The van der Waals surface area contributed by atoms with Crippen molar-refractivity contribution < 1.29 is 73.7 Å². The average Bonchev–Trinajstić information content (AvgIpc) is 3.01. The maximum atomic E-state index is 13.3. The zero-order valence-electron chi connectivity index (χ0n) is 22.9. The first-order valence-corrected chi connectivity index (χ1v) is 13.3. The second-order valence-electron chi connectivity index (χ2n) is 10.1. The zero-order valence-corrected chi connectivity index (χ0v) is 22.9. The monoisotopic (exact) mass is 622 g/mol. The number of carboxylic acid groups (broad SMARTS) is 1. The van der Waals surface area contributed by atoms with Crippen molar-refractivity contribution in [3.05, 3.63) is 52.7 Å². The predicted molar refractivity (Wildman–Crippen MR) is 144 cm³/mol. The van der Waals surface area contributed by atoms with E-state index in [0.717, 1.165) is 6.07 Å². The molecule has 2 saturated heterocycles. The summed E-state index contributed by atoms with van der Waals surface area (Å²) in [5.74, 6) is -2.87. The van der Waals surface area contributed by atoms with Crippen LogP contribution in [0.3, 0.4) is 0 Å². The molecule has 16 nitrogen and oxygen atoms in total. The van der Waals surface area contributed by atoms with Crippen LogP contribution in [-0.4, -0.2) is 122 Å². The van der Waals surface area contributed by atoms with Gasteiger partial charge in [-0.05, 0) is 0 Å². The average molecular weight is 623 g/mol. The summed E-state index contributed by atoms with van der Waals surface area (Å²) >= 11 is 0. The van der Waals surface area contributed by atoms with E-state index in [1.165, 1.54) is 13.2 Å². The van der Waals surface area contributed by atoms with E-state index in [4.69, 9.17) is 28.1 Å². The normalized spacial score (nSPS) is 32.3. The fourth-order valence-corrected chi connectivity index (χ4v) is 5.02. The second kappa shape index (κ2) is 12.6. The minimum Gasteiger partial charge on any atom is -0.502 e. The third-order valence-corrected chi connectivity index (χ3v) is 7.35. The molecule has 2 aliphatic heterocycles. The van der Waals surface area contributed by atoms with Gasteiger partial charge in [0.05, 0.1) is 13.7 Å². The molecule has 16 heteroatoms. The molecule has 1 aromatic heterocycles. The SMILES string of the molecule is COc1cc2oc(-c3ccccc3)cc(=O)c2c(O[C@@H]2O[C@H](CO)[C@@H](O[C@@H]3O[C@H](C(=O)O)[C@@H](O)[C@H](O)[C@H]3O)[C@H](O)[C@H]2O)c1O. The number of aliphatic hydroxyl groups excluding tert-OH is 6. The summed E-state index contributed by atoms with van der Waals surface area (Å²) in [7, 11) is 1.23. The molecule has 0 radical (unpaired) electrons. The quantitative estimate of drug-likeness (QED) is 0.139. The van der Waals surface area contributed by atoms with E-state index < -0.39 is 90.9 Å². The summed E-state index contributed by atoms with van der Waals surface area (Å²) in [5.41, 5.74) is -0.138. The fourth-order valence-electron chi connectivity index (χ4n) is 5.02. The van der Waals surface area contributed by atoms with Crippen LogP contribution in [0.15, 0.2) is 51.7 Å². The second-order valence-corrected chi connectivity index (χ2v) is 10.1. The molecule has 0 spiro atoms. The Hall–Kier alpha value is -3.84. The Bertz CT molecular complexity index is 1540. The lowest BCUT2D eigenvalue weighted by atomic mass is 9.97. The molecule has 44 heavy (non-hydrogen) atoms. The third kappa shape index (κ3) is 5.70. The van der Waals surface area contributed by atoms with Gasteiger partial charge in [0.25, 0.3) is 0 Å². The first-order chi connectivity index (χ1) is 21.0. The van der Waals surface area contributed by atoms with E-state index in [2.05, 4.69) is 0 Å². The van der Waals surface area contributed by atoms with Crippen LogP contribution >= 0.6 is 0 Å². The van der Waals surface area contributed by atoms with Gasteiger partial charge < -0.3 is 69.0 Å². The van der Waals surface area contributed by atoms with Gasteiger partial charge in [0.1, 0.15) is 59.5 Å². The minimum absolute atomic E-state index is 0.0658. The molecule has 5 rings (SSSR count). The predicted octanol–water partition coefficient (Wildman–Crippen LogP) is -1.73. The summed E-state index contributed by atoms with van der Waals surface area (Å²) < 4.78 is 32.9. The number of phenols is 1. The number of carbonyl (C=O) groups is 1. The molecule has 238 valence electrons.